The zero-order valence-electron chi connectivity index (χ0n) is 7.63. The van der Waals surface area contributed by atoms with E-state index >= 15 is 0 Å². The average molecular weight is 319 g/mol. The molecule has 4 heteroatoms. The maximum Gasteiger partial charge on any atom is 0.181 e. The van der Waals surface area contributed by atoms with Gasteiger partial charge in [-0.1, -0.05) is 31.9 Å². The number of rotatable bonds is 3. The zero-order chi connectivity index (χ0) is 10.6. The second-order valence-electron chi connectivity index (χ2n) is 2.77. The van der Waals surface area contributed by atoms with E-state index in [1.165, 1.54) is 0 Å². The average Bonchev–Trinajstić information content (AvgIpc) is 2.20. The predicted octanol–water partition coefficient (Wildman–Crippen LogP) is 3.63. The monoisotopic (exact) mass is 317 g/mol. The molecule has 1 unspecified atom stereocenters. The van der Waals surface area contributed by atoms with Crippen LogP contribution in [0.5, 0.6) is 5.75 Å². The summed E-state index contributed by atoms with van der Waals surface area (Å²) in [6.07, 6.45) is -0.422. The molecule has 14 heavy (non-hydrogen) atoms. The van der Waals surface area contributed by atoms with Crippen molar-refractivity contribution < 1.29 is 4.74 Å². The fourth-order valence-electron chi connectivity index (χ4n) is 0.984. The molecule has 1 rings (SSSR count). The van der Waals surface area contributed by atoms with Crippen molar-refractivity contribution in [2.45, 2.75) is 18.4 Å². The zero-order valence-corrected chi connectivity index (χ0v) is 10.8. The molecular weight excluding hydrogens is 310 g/mol. The van der Waals surface area contributed by atoms with Crippen molar-refractivity contribution in [3.63, 3.8) is 0 Å². The van der Waals surface area contributed by atoms with Crippen LogP contribution >= 0.6 is 31.9 Å². The van der Waals surface area contributed by atoms with Gasteiger partial charge in [-0.2, -0.15) is 5.26 Å². The van der Waals surface area contributed by atoms with E-state index in [4.69, 9.17) is 10.00 Å². The Morgan fingerprint density at radius 2 is 2.29 bits per heavy atom. The summed E-state index contributed by atoms with van der Waals surface area (Å²) in [5.41, 5.74) is 1.03. The number of benzene rings is 1. The summed E-state index contributed by atoms with van der Waals surface area (Å²) in [4.78, 5) is 0. The van der Waals surface area contributed by atoms with E-state index in [0.717, 1.165) is 15.8 Å². The number of hydrogen-bond acceptors (Lipinski definition) is 2. The highest BCUT2D eigenvalue weighted by molar-refractivity contribution is 9.10. The Labute approximate surface area is 100 Å². The van der Waals surface area contributed by atoms with E-state index < -0.39 is 6.10 Å². The summed E-state index contributed by atoms with van der Waals surface area (Å²) in [7, 11) is 0. The molecule has 0 radical (unpaired) electrons. The SMILES string of the molecule is CC(C#N)Oc1ccc(Br)cc1CBr. The van der Waals surface area contributed by atoms with E-state index in [-0.39, 0.29) is 0 Å². The summed E-state index contributed by atoms with van der Waals surface area (Å²) < 4.78 is 6.43. The van der Waals surface area contributed by atoms with Gasteiger partial charge in [-0.25, -0.2) is 0 Å². The van der Waals surface area contributed by atoms with Gasteiger partial charge in [0.05, 0.1) is 0 Å². The molecule has 0 amide bonds. The first kappa shape index (κ1) is 11.5. The summed E-state index contributed by atoms with van der Waals surface area (Å²) in [5.74, 6) is 0.749. The summed E-state index contributed by atoms with van der Waals surface area (Å²) in [6.45, 7) is 1.72. The van der Waals surface area contributed by atoms with Crippen molar-refractivity contribution >= 4 is 31.9 Å². The minimum absolute atomic E-state index is 0.422. The third-order valence-electron chi connectivity index (χ3n) is 1.65. The van der Waals surface area contributed by atoms with E-state index in [0.29, 0.717) is 5.33 Å². The first-order valence-corrected chi connectivity index (χ1v) is 5.99. The van der Waals surface area contributed by atoms with Gasteiger partial charge in [-0.3, -0.25) is 0 Å². The molecule has 0 saturated heterocycles. The first-order chi connectivity index (χ1) is 6.67. The third-order valence-corrected chi connectivity index (χ3v) is 2.75. The highest BCUT2D eigenvalue weighted by Gasteiger charge is 2.06. The molecule has 0 saturated carbocycles. The lowest BCUT2D eigenvalue weighted by atomic mass is 10.2. The smallest absolute Gasteiger partial charge is 0.181 e. The van der Waals surface area contributed by atoms with E-state index in [1.807, 2.05) is 24.3 Å². The van der Waals surface area contributed by atoms with Crippen molar-refractivity contribution in [1.29, 1.82) is 5.26 Å². The van der Waals surface area contributed by atoms with Crippen molar-refractivity contribution in [2.24, 2.45) is 0 Å². The largest absolute Gasteiger partial charge is 0.476 e. The quantitative estimate of drug-likeness (QED) is 0.797. The van der Waals surface area contributed by atoms with Crippen LogP contribution in [0.2, 0.25) is 0 Å². The van der Waals surface area contributed by atoms with Gasteiger partial charge >= 0.3 is 0 Å². The van der Waals surface area contributed by atoms with Gasteiger partial charge in [-0.15, -0.1) is 0 Å². The van der Waals surface area contributed by atoms with Crippen LogP contribution in [-0.4, -0.2) is 6.10 Å². The molecule has 0 aliphatic rings. The molecule has 0 fully saturated rings. The molecule has 2 nitrogen and oxygen atoms in total. The number of ether oxygens (including phenoxy) is 1. The van der Waals surface area contributed by atoms with Crippen LogP contribution in [0.1, 0.15) is 12.5 Å². The van der Waals surface area contributed by atoms with Gasteiger partial charge in [0.1, 0.15) is 11.8 Å². The summed E-state index contributed by atoms with van der Waals surface area (Å²) >= 11 is 6.75. The van der Waals surface area contributed by atoms with Gasteiger partial charge in [0, 0.05) is 15.4 Å². The van der Waals surface area contributed by atoms with E-state index in [1.54, 1.807) is 6.92 Å². The number of nitriles is 1. The van der Waals surface area contributed by atoms with Gasteiger partial charge in [0.2, 0.25) is 0 Å². The molecule has 0 bridgehead atoms. The lowest BCUT2D eigenvalue weighted by Gasteiger charge is -2.11. The second kappa shape index (κ2) is 5.38. The Hall–Kier alpha value is -0.530. The Balaban J connectivity index is 2.92. The van der Waals surface area contributed by atoms with Gasteiger partial charge in [0.25, 0.3) is 0 Å². The maximum atomic E-state index is 8.62. The number of nitrogens with zero attached hydrogens (tertiary/aromatic N) is 1. The fourth-order valence-corrected chi connectivity index (χ4v) is 1.83. The molecule has 0 N–H and O–H groups in total. The highest BCUT2D eigenvalue weighted by Crippen LogP contribution is 2.25. The fraction of sp³-hybridized carbons (Fsp3) is 0.300. The van der Waals surface area contributed by atoms with E-state index in [9.17, 15) is 0 Å². The van der Waals surface area contributed by atoms with Crippen LogP contribution in [0.25, 0.3) is 0 Å². The van der Waals surface area contributed by atoms with Gasteiger partial charge in [0.15, 0.2) is 6.10 Å². The summed E-state index contributed by atoms with van der Waals surface area (Å²) in [5, 5.41) is 9.33. The second-order valence-corrected chi connectivity index (χ2v) is 4.25. The van der Waals surface area contributed by atoms with E-state index in [2.05, 4.69) is 31.9 Å². The maximum absolute atomic E-state index is 8.62. The number of halogens is 2. The molecule has 1 aromatic carbocycles. The summed E-state index contributed by atoms with van der Waals surface area (Å²) in [6, 6.07) is 7.75. The molecular formula is C10H9Br2NO. The van der Waals surface area contributed by atoms with Crippen molar-refractivity contribution in [3.8, 4) is 11.8 Å². The van der Waals surface area contributed by atoms with Crippen LogP contribution in [0.3, 0.4) is 0 Å². The van der Waals surface area contributed by atoms with Crippen LogP contribution in [0, 0.1) is 11.3 Å². The molecule has 1 aromatic rings. The van der Waals surface area contributed by atoms with Crippen molar-refractivity contribution in [3.05, 3.63) is 28.2 Å². The lowest BCUT2D eigenvalue weighted by molar-refractivity contribution is 0.274. The molecule has 0 heterocycles. The molecule has 0 aliphatic heterocycles. The minimum atomic E-state index is -0.422. The normalized spacial score (nSPS) is 11.9. The highest BCUT2D eigenvalue weighted by atomic mass is 79.9. The number of alkyl halides is 1. The van der Waals surface area contributed by atoms with Crippen molar-refractivity contribution in [2.75, 3.05) is 0 Å². The Bertz CT molecular complexity index is 360. The van der Waals surface area contributed by atoms with Crippen LogP contribution in [0.4, 0.5) is 0 Å². The number of hydrogen-bond donors (Lipinski definition) is 0. The third kappa shape index (κ3) is 3.00. The lowest BCUT2D eigenvalue weighted by Crippen LogP contribution is -2.09. The molecule has 0 aliphatic carbocycles. The molecule has 0 spiro atoms. The topological polar surface area (TPSA) is 33.0 Å². The molecule has 74 valence electrons. The standard InChI is InChI=1S/C10H9Br2NO/c1-7(6-13)14-10-3-2-9(12)4-8(10)5-11/h2-4,7H,5H2,1H3. The first-order valence-electron chi connectivity index (χ1n) is 4.08. The van der Waals surface area contributed by atoms with Crippen LogP contribution in [0.15, 0.2) is 22.7 Å². The molecule has 1 atom stereocenters. The Morgan fingerprint density at radius 1 is 1.57 bits per heavy atom. The van der Waals surface area contributed by atoms with Gasteiger partial charge in [-0.05, 0) is 25.1 Å². The van der Waals surface area contributed by atoms with Crippen molar-refractivity contribution in [1.82, 2.24) is 0 Å². The molecule has 0 aromatic heterocycles. The predicted molar refractivity (Wildman–Crippen MR) is 62.5 cm³/mol. The van der Waals surface area contributed by atoms with Crippen LogP contribution in [-0.2, 0) is 5.33 Å². The Kier molecular flexibility index (Phi) is 4.43. The minimum Gasteiger partial charge on any atom is -0.476 e. The Morgan fingerprint density at radius 3 is 2.86 bits per heavy atom. The van der Waals surface area contributed by atoms with Gasteiger partial charge < -0.3 is 4.74 Å². The van der Waals surface area contributed by atoms with Crippen LogP contribution < -0.4 is 4.74 Å².